The number of rotatable bonds is 4. The lowest BCUT2D eigenvalue weighted by Crippen LogP contribution is -2.15. The third-order valence-electron chi connectivity index (χ3n) is 3.79. The molecule has 26 heavy (non-hydrogen) atoms. The number of nitrogens with one attached hydrogen (secondary N) is 2. The monoisotopic (exact) mass is 364 g/mol. The van der Waals surface area contributed by atoms with Crippen molar-refractivity contribution in [3.8, 4) is 0 Å². The van der Waals surface area contributed by atoms with E-state index in [0.29, 0.717) is 27.5 Å². The van der Waals surface area contributed by atoms with Crippen molar-refractivity contribution in [1.82, 2.24) is 0 Å². The van der Waals surface area contributed by atoms with E-state index >= 15 is 0 Å². The predicted octanol–water partition coefficient (Wildman–Crippen LogP) is 5.15. The van der Waals surface area contributed by atoms with Gasteiger partial charge in [0.2, 0.25) is 0 Å². The van der Waals surface area contributed by atoms with Crippen molar-refractivity contribution in [2.45, 2.75) is 6.92 Å². The van der Waals surface area contributed by atoms with E-state index in [1.165, 1.54) is 0 Å². The first-order chi connectivity index (χ1) is 12.5. The molecular formula is C21H17ClN2O2. The Morgan fingerprint density at radius 1 is 0.769 bits per heavy atom. The van der Waals surface area contributed by atoms with E-state index in [4.69, 9.17) is 11.6 Å². The van der Waals surface area contributed by atoms with Gasteiger partial charge in [0.1, 0.15) is 0 Å². The van der Waals surface area contributed by atoms with Gasteiger partial charge in [-0.25, -0.2) is 0 Å². The predicted molar refractivity (Wildman–Crippen MR) is 105 cm³/mol. The highest BCUT2D eigenvalue weighted by Gasteiger charge is 2.12. The zero-order valence-electron chi connectivity index (χ0n) is 14.1. The molecule has 3 rings (SSSR count). The van der Waals surface area contributed by atoms with Crippen molar-refractivity contribution in [2.24, 2.45) is 0 Å². The van der Waals surface area contributed by atoms with Crippen LogP contribution < -0.4 is 10.6 Å². The summed E-state index contributed by atoms with van der Waals surface area (Å²) in [6, 6.07) is 21.2. The zero-order valence-corrected chi connectivity index (χ0v) is 14.9. The lowest BCUT2D eigenvalue weighted by atomic mass is 10.1. The van der Waals surface area contributed by atoms with Gasteiger partial charge < -0.3 is 10.6 Å². The average molecular weight is 365 g/mol. The van der Waals surface area contributed by atoms with Crippen LogP contribution in [0, 0.1) is 6.92 Å². The SMILES string of the molecule is Cc1cccc(C(=O)Nc2cc(C(=O)Nc3ccccc3)ccc2Cl)c1. The molecule has 0 heterocycles. The molecule has 2 amide bonds. The van der Waals surface area contributed by atoms with E-state index in [1.54, 1.807) is 42.5 Å². The Balaban J connectivity index is 1.79. The summed E-state index contributed by atoms with van der Waals surface area (Å²) >= 11 is 6.18. The number of aryl methyl sites for hydroxylation is 1. The molecule has 0 spiro atoms. The molecule has 0 atom stereocenters. The van der Waals surface area contributed by atoms with Crippen LogP contribution >= 0.6 is 11.6 Å². The quantitative estimate of drug-likeness (QED) is 0.672. The second-order valence-electron chi connectivity index (χ2n) is 5.84. The third kappa shape index (κ3) is 4.29. The second-order valence-corrected chi connectivity index (χ2v) is 6.25. The summed E-state index contributed by atoms with van der Waals surface area (Å²) in [6.45, 7) is 1.91. The number of benzene rings is 3. The van der Waals surface area contributed by atoms with E-state index in [0.717, 1.165) is 5.56 Å². The van der Waals surface area contributed by atoms with Gasteiger partial charge in [-0.3, -0.25) is 9.59 Å². The number of amides is 2. The molecule has 0 saturated carbocycles. The molecule has 0 saturated heterocycles. The summed E-state index contributed by atoms with van der Waals surface area (Å²) in [5.41, 5.74) is 2.99. The van der Waals surface area contributed by atoms with Gasteiger partial charge in [0, 0.05) is 16.8 Å². The maximum absolute atomic E-state index is 12.4. The summed E-state index contributed by atoms with van der Waals surface area (Å²) in [7, 11) is 0. The van der Waals surface area contributed by atoms with Gasteiger partial charge in [-0.05, 0) is 49.4 Å². The van der Waals surface area contributed by atoms with Crippen molar-refractivity contribution in [2.75, 3.05) is 10.6 Å². The molecule has 0 aliphatic carbocycles. The summed E-state index contributed by atoms with van der Waals surface area (Å²) in [4.78, 5) is 24.8. The summed E-state index contributed by atoms with van der Waals surface area (Å²) in [5.74, 6) is -0.560. The average Bonchev–Trinajstić information content (AvgIpc) is 2.64. The lowest BCUT2D eigenvalue weighted by Gasteiger charge is -2.10. The van der Waals surface area contributed by atoms with Crippen LogP contribution in [0.1, 0.15) is 26.3 Å². The molecule has 0 radical (unpaired) electrons. The van der Waals surface area contributed by atoms with Crippen molar-refractivity contribution in [3.05, 3.63) is 94.5 Å². The third-order valence-corrected chi connectivity index (χ3v) is 4.12. The number of carbonyl (C=O) groups excluding carboxylic acids is 2. The Kier molecular flexibility index (Phi) is 5.34. The standard InChI is InChI=1S/C21H17ClN2O2/c1-14-6-5-7-15(12-14)21(26)24-19-13-16(10-11-18(19)22)20(25)23-17-8-3-2-4-9-17/h2-13H,1H3,(H,23,25)(H,24,26). The van der Waals surface area contributed by atoms with Gasteiger partial charge in [-0.1, -0.05) is 47.5 Å². The normalized spacial score (nSPS) is 10.2. The van der Waals surface area contributed by atoms with E-state index < -0.39 is 0 Å². The van der Waals surface area contributed by atoms with Crippen LogP contribution in [0.25, 0.3) is 0 Å². The number of hydrogen-bond donors (Lipinski definition) is 2. The van der Waals surface area contributed by atoms with Crippen molar-refractivity contribution in [1.29, 1.82) is 0 Å². The fourth-order valence-electron chi connectivity index (χ4n) is 2.47. The Hall–Kier alpha value is -3.11. The second kappa shape index (κ2) is 7.85. The van der Waals surface area contributed by atoms with Crippen molar-refractivity contribution in [3.63, 3.8) is 0 Å². The van der Waals surface area contributed by atoms with Crippen molar-refractivity contribution >= 4 is 34.8 Å². The molecule has 0 aliphatic heterocycles. The van der Waals surface area contributed by atoms with Crippen LogP contribution in [0.15, 0.2) is 72.8 Å². The molecule has 0 aliphatic rings. The fraction of sp³-hybridized carbons (Fsp3) is 0.0476. The van der Waals surface area contributed by atoms with Gasteiger partial charge >= 0.3 is 0 Å². The highest BCUT2D eigenvalue weighted by molar-refractivity contribution is 6.34. The maximum atomic E-state index is 12.4. The largest absolute Gasteiger partial charge is 0.322 e. The lowest BCUT2D eigenvalue weighted by molar-refractivity contribution is 0.101. The smallest absolute Gasteiger partial charge is 0.255 e. The molecule has 0 fully saturated rings. The molecule has 4 nitrogen and oxygen atoms in total. The van der Waals surface area contributed by atoms with Gasteiger partial charge in [0.15, 0.2) is 0 Å². The molecule has 0 unspecified atom stereocenters. The molecule has 130 valence electrons. The first-order valence-electron chi connectivity index (χ1n) is 8.07. The minimum atomic E-state index is -0.281. The highest BCUT2D eigenvalue weighted by atomic mass is 35.5. The van der Waals surface area contributed by atoms with Gasteiger partial charge in [0.25, 0.3) is 11.8 Å². The van der Waals surface area contributed by atoms with E-state index in [1.807, 2.05) is 37.3 Å². The molecule has 3 aromatic rings. The summed E-state index contributed by atoms with van der Waals surface area (Å²) < 4.78 is 0. The van der Waals surface area contributed by atoms with Gasteiger partial charge in [0.05, 0.1) is 10.7 Å². The van der Waals surface area contributed by atoms with Crippen LogP contribution in [0.5, 0.6) is 0 Å². The van der Waals surface area contributed by atoms with E-state index in [2.05, 4.69) is 10.6 Å². The molecule has 0 bridgehead atoms. The Labute approximate surface area is 156 Å². The van der Waals surface area contributed by atoms with E-state index in [-0.39, 0.29) is 11.8 Å². The highest BCUT2D eigenvalue weighted by Crippen LogP contribution is 2.24. The first-order valence-corrected chi connectivity index (χ1v) is 8.45. The number of hydrogen-bond acceptors (Lipinski definition) is 2. The molecule has 0 aromatic heterocycles. The van der Waals surface area contributed by atoms with E-state index in [9.17, 15) is 9.59 Å². The van der Waals surface area contributed by atoms with Crippen LogP contribution in [0.3, 0.4) is 0 Å². The minimum absolute atomic E-state index is 0.279. The molecule has 2 N–H and O–H groups in total. The van der Waals surface area contributed by atoms with Crippen LogP contribution in [-0.4, -0.2) is 11.8 Å². The zero-order chi connectivity index (χ0) is 18.5. The number of anilines is 2. The Morgan fingerprint density at radius 2 is 1.46 bits per heavy atom. The topological polar surface area (TPSA) is 58.2 Å². The summed E-state index contributed by atoms with van der Waals surface area (Å²) in [5, 5.41) is 5.93. The van der Waals surface area contributed by atoms with Gasteiger partial charge in [-0.15, -0.1) is 0 Å². The Morgan fingerprint density at radius 3 is 2.19 bits per heavy atom. The number of para-hydroxylation sites is 1. The van der Waals surface area contributed by atoms with Gasteiger partial charge in [-0.2, -0.15) is 0 Å². The minimum Gasteiger partial charge on any atom is -0.322 e. The molecular weight excluding hydrogens is 348 g/mol. The number of carbonyl (C=O) groups is 2. The van der Waals surface area contributed by atoms with Crippen LogP contribution in [0.2, 0.25) is 5.02 Å². The fourth-order valence-corrected chi connectivity index (χ4v) is 2.63. The maximum Gasteiger partial charge on any atom is 0.255 e. The molecule has 5 heteroatoms. The Bertz CT molecular complexity index is 955. The van der Waals surface area contributed by atoms with Crippen molar-refractivity contribution < 1.29 is 9.59 Å². The van der Waals surface area contributed by atoms with Crippen LogP contribution in [0.4, 0.5) is 11.4 Å². The first kappa shape index (κ1) is 17.7. The number of halogens is 1. The molecule has 3 aromatic carbocycles. The van der Waals surface area contributed by atoms with Crippen LogP contribution in [-0.2, 0) is 0 Å². The summed E-state index contributed by atoms with van der Waals surface area (Å²) in [6.07, 6.45) is 0.